The number of thioether (sulfide) groups is 1. The number of aromatic nitrogens is 2. The van der Waals surface area contributed by atoms with E-state index in [2.05, 4.69) is 27.0 Å². The van der Waals surface area contributed by atoms with Crippen molar-refractivity contribution in [2.75, 3.05) is 43.4 Å². The fourth-order valence-corrected chi connectivity index (χ4v) is 5.50. The SMILES string of the molecule is CCN1CCN(c2ccc(F)cc2C(C)NC(=O)CSCc2cc(=O)n3ccsc3n2)CC1. The number of hydrogen-bond donors (Lipinski definition) is 1. The van der Waals surface area contributed by atoms with Crippen LogP contribution in [0.5, 0.6) is 0 Å². The van der Waals surface area contributed by atoms with Gasteiger partial charge in [-0.3, -0.25) is 14.0 Å². The third kappa shape index (κ3) is 5.74. The Morgan fingerprint density at radius 2 is 2.06 bits per heavy atom. The van der Waals surface area contributed by atoms with Crippen molar-refractivity contribution < 1.29 is 9.18 Å². The van der Waals surface area contributed by atoms with E-state index < -0.39 is 0 Å². The van der Waals surface area contributed by atoms with Crippen molar-refractivity contribution in [3.05, 3.63) is 63.3 Å². The van der Waals surface area contributed by atoms with Gasteiger partial charge in [0.1, 0.15) is 5.82 Å². The summed E-state index contributed by atoms with van der Waals surface area (Å²) in [6.07, 6.45) is 1.70. The van der Waals surface area contributed by atoms with Gasteiger partial charge in [0.25, 0.3) is 5.56 Å². The van der Waals surface area contributed by atoms with Crippen LogP contribution in [0.2, 0.25) is 0 Å². The zero-order chi connectivity index (χ0) is 23.4. The molecule has 0 saturated carbocycles. The van der Waals surface area contributed by atoms with E-state index in [1.165, 1.54) is 45.7 Å². The number of amides is 1. The van der Waals surface area contributed by atoms with E-state index in [-0.39, 0.29) is 29.1 Å². The fourth-order valence-electron chi connectivity index (χ4n) is 4.04. The molecule has 1 atom stereocenters. The van der Waals surface area contributed by atoms with Crippen LogP contribution < -0.4 is 15.8 Å². The standard InChI is InChI=1S/C23H28FN5O2S2/c1-3-27-6-8-28(9-7-27)20-5-4-17(24)12-19(20)16(2)25-21(30)15-32-14-18-13-22(31)29-10-11-33-23(29)26-18/h4-5,10-13,16H,3,6-9,14-15H2,1-2H3,(H,25,30). The molecule has 1 unspecified atom stereocenters. The molecule has 33 heavy (non-hydrogen) atoms. The van der Waals surface area contributed by atoms with Crippen molar-refractivity contribution in [1.29, 1.82) is 0 Å². The number of thiazole rings is 1. The van der Waals surface area contributed by atoms with E-state index in [1.54, 1.807) is 6.20 Å². The third-order valence-electron chi connectivity index (χ3n) is 5.83. The minimum absolute atomic E-state index is 0.117. The van der Waals surface area contributed by atoms with Crippen LogP contribution in [-0.2, 0) is 10.5 Å². The van der Waals surface area contributed by atoms with Crippen LogP contribution in [0.1, 0.15) is 31.1 Å². The Bertz CT molecular complexity index is 1170. The van der Waals surface area contributed by atoms with Crippen molar-refractivity contribution in [3.8, 4) is 0 Å². The number of hydrogen-bond acceptors (Lipinski definition) is 7. The maximum atomic E-state index is 14.1. The van der Waals surface area contributed by atoms with Crippen LogP contribution in [0.25, 0.3) is 4.96 Å². The smallest absolute Gasteiger partial charge is 0.258 e. The lowest BCUT2D eigenvalue weighted by Crippen LogP contribution is -2.46. The molecule has 1 saturated heterocycles. The summed E-state index contributed by atoms with van der Waals surface area (Å²) in [6, 6.07) is 6.00. The van der Waals surface area contributed by atoms with Crippen molar-refractivity contribution in [3.63, 3.8) is 0 Å². The molecule has 0 aliphatic carbocycles. The summed E-state index contributed by atoms with van der Waals surface area (Å²) in [7, 11) is 0. The van der Waals surface area contributed by atoms with E-state index in [9.17, 15) is 14.0 Å². The average molecular weight is 490 g/mol. The molecule has 1 aromatic carbocycles. The molecule has 2 aromatic heterocycles. The van der Waals surface area contributed by atoms with E-state index >= 15 is 0 Å². The Labute approximate surface area is 200 Å². The summed E-state index contributed by atoms with van der Waals surface area (Å²) in [6.45, 7) is 8.77. The third-order valence-corrected chi connectivity index (χ3v) is 7.56. The van der Waals surface area contributed by atoms with Gasteiger partial charge in [-0.25, -0.2) is 9.37 Å². The van der Waals surface area contributed by atoms with Gasteiger partial charge in [0, 0.05) is 60.8 Å². The number of halogens is 1. The predicted octanol–water partition coefficient (Wildman–Crippen LogP) is 3.15. The topological polar surface area (TPSA) is 70.0 Å². The predicted molar refractivity (Wildman–Crippen MR) is 133 cm³/mol. The first-order chi connectivity index (χ1) is 15.9. The maximum absolute atomic E-state index is 14.1. The van der Waals surface area contributed by atoms with Crippen LogP contribution in [0, 0.1) is 5.82 Å². The van der Waals surface area contributed by atoms with Crippen LogP contribution in [0.15, 0.2) is 40.6 Å². The summed E-state index contributed by atoms with van der Waals surface area (Å²) in [5.74, 6) is 0.263. The Balaban J connectivity index is 1.35. The van der Waals surface area contributed by atoms with E-state index in [1.807, 2.05) is 18.4 Å². The Kier molecular flexibility index (Phi) is 7.67. The van der Waals surface area contributed by atoms with Gasteiger partial charge >= 0.3 is 0 Å². The molecule has 176 valence electrons. The number of likely N-dealkylation sites (N-methyl/N-ethyl adjacent to an activating group) is 1. The lowest BCUT2D eigenvalue weighted by molar-refractivity contribution is -0.119. The maximum Gasteiger partial charge on any atom is 0.258 e. The zero-order valence-electron chi connectivity index (χ0n) is 18.8. The highest BCUT2D eigenvalue weighted by atomic mass is 32.2. The van der Waals surface area contributed by atoms with Gasteiger partial charge in [0.15, 0.2) is 4.96 Å². The molecule has 3 heterocycles. The molecule has 0 spiro atoms. The summed E-state index contributed by atoms with van der Waals surface area (Å²) in [5.41, 5.74) is 2.30. The second kappa shape index (κ2) is 10.7. The van der Waals surface area contributed by atoms with Gasteiger partial charge in [-0.2, -0.15) is 0 Å². The number of nitrogens with one attached hydrogen (secondary N) is 1. The summed E-state index contributed by atoms with van der Waals surface area (Å²) < 4.78 is 15.6. The van der Waals surface area contributed by atoms with Gasteiger partial charge < -0.3 is 15.1 Å². The van der Waals surface area contributed by atoms with E-state index in [0.29, 0.717) is 16.4 Å². The largest absolute Gasteiger partial charge is 0.369 e. The van der Waals surface area contributed by atoms with E-state index in [0.717, 1.165) is 44.0 Å². The first-order valence-electron chi connectivity index (χ1n) is 11.0. The summed E-state index contributed by atoms with van der Waals surface area (Å²) in [4.78, 5) is 34.4. The molecule has 7 nitrogen and oxygen atoms in total. The minimum Gasteiger partial charge on any atom is -0.369 e. The van der Waals surface area contributed by atoms with Gasteiger partial charge in [0.05, 0.1) is 17.5 Å². The Morgan fingerprint density at radius 1 is 1.27 bits per heavy atom. The van der Waals surface area contributed by atoms with E-state index in [4.69, 9.17) is 0 Å². The number of piperazine rings is 1. The van der Waals surface area contributed by atoms with Gasteiger partial charge in [-0.1, -0.05) is 6.92 Å². The molecular weight excluding hydrogens is 461 g/mol. The fraction of sp³-hybridized carbons (Fsp3) is 0.435. The molecule has 10 heteroatoms. The number of carbonyl (C=O) groups is 1. The number of carbonyl (C=O) groups excluding carboxylic acids is 1. The van der Waals surface area contributed by atoms with Crippen molar-refractivity contribution in [2.45, 2.75) is 25.6 Å². The van der Waals surface area contributed by atoms with Crippen molar-refractivity contribution in [2.24, 2.45) is 0 Å². The molecule has 1 N–H and O–H groups in total. The number of benzene rings is 1. The van der Waals surface area contributed by atoms with Crippen LogP contribution >= 0.6 is 23.1 Å². The first kappa shape index (κ1) is 23.7. The molecule has 1 aliphatic heterocycles. The lowest BCUT2D eigenvalue weighted by atomic mass is 10.0. The van der Waals surface area contributed by atoms with Crippen molar-refractivity contribution >= 4 is 39.7 Å². The normalized spacial score (nSPS) is 15.7. The number of nitrogens with zero attached hydrogens (tertiary/aromatic N) is 4. The molecular formula is C23H28FN5O2S2. The highest BCUT2D eigenvalue weighted by molar-refractivity contribution is 7.99. The quantitative estimate of drug-likeness (QED) is 0.524. The average Bonchev–Trinajstić information content (AvgIpc) is 3.28. The second-order valence-electron chi connectivity index (χ2n) is 8.05. The number of rotatable bonds is 8. The first-order valence-corrected chi connectivity index (χ1v) is 13.1. The lowest BCUT2D eigenvalue weighted by Gasteiger charge is -2.37. The van der Waals surface area contributed by atoms with Gasteiger partial charge in [-0.05, 0) is 31.7 Å². The summed E-state index contributed by atoms with van der Waals surface area (Å²) >= 11 is 2.80. The summed E-state index contributed by atoms with van der Waals surface area (Å²) in [5, 5.41) is 4.82. The Morgan fingerprint density at radius 3 is 2.82 bits per heavy atom. The van der Waals surface area contributed by atoms with Gasteiger partial charge in [0.2, 0.25) is 5.91 Å². The highest BCUT2D eigenvalue weighted by Gasteiger charge is 2.22. The Hall–Kier alpha value is -2.43. The molecule has 0 bridgehead atoms. The molecule has 0 radical (unpaired) electrons. The number of anilines is 1. The zero-order valence-corrected chi connectivity index (χ0v) is 20.4. The van der Waals surface area contributed by atoms with Crippen LogP contribution in [-0.4, -0.2) is 58.7 Å². The monoisotopic (exact) mass is 489 g/mol. The van der Waals surface area contributed by atoms with Crippen LogP contribution in [0.4, 0.5) is 10.1 Å². The minimum atomic E-state index is -0.321. The molecule has 3 aromatic rings. The van der Waals surface area contributed by atoms with Crippen molar-refractivity contribution in [1.82, 2.24) is 19.6 Å². The number of fused-ring (bicyclic) bond motifs is 1. The van der Waals surface area contributed by atoms with Gasteiger partial charge in [-0.15, -0.1) is 23.1 Å². The molecule has 1 aliphatic rings. The second-order valence-corrected chi connectivity index (χ2v) is 9.91. The molecule has 1 fully saturated rings. The van der Waals surface area contributed by atoms with Crippen LogP contribution in [0.3, 0.4) is 0 Å². The molecule has 4 rings (SSSR count). The molecule has 1 amide bonds. The highest BCUT2D eigenvalue weighted by Crippen LogP contribution is 2.28.